The zero-order valence-corrected chi connectivity index (χ0v) is 23.1. The van der Waals surface area contributed by atoms with Crippen LogP contribution < -0.4 is 9.47 Å². The molecule has 0 atom stereocenters. The molecule has 0 fully saturated rings. The molecule has 0 aliphatic carbocycles. The van der Waals surface area contributed by atoms with Crippen molar-refractivity contribution >= 4 is 35.7 Å². The molecule has 4 aromatic rings. The lowest BCUT2D eigenvalue weighted by Crippen LogP contribution is -2.14. The second kappa shape index (κ2) is 15.4. The predicted molar refractivity (Wildman–Crippen MR) is 154 cm³/mol. The first-order valence-corrected chi connectivity index (χ1v) is 13.6. The molecule has 0 spiro atoms. The average Bonchev–Trinajstić information content (AvgIpc) is 3.53. The highest BCUT2D eigenvalue weighted by Crippen LogP contribution is 2.30. The van der Waals surface area contributed by atoms with Gasteiger partial charge in [-0.05, 0) is 46.3 Å². The van der Waals surface area contributed by atoms with E-state index in [4.69, 9.17) is 23.7 Å². The second-order valence-corrected chi connectivity index (χ2v) is 9.63. The Bertz CT molecular complexity index is 1560. The Hall–Kier alpha value is -5.40. The molecule has 10 heteroatoms. The normalized spacial score (nSPS) is 10.7. The van der Waals surface area contributed by atoms with Gasteiger partial charge in [-0.3, -0.25) is 0 Å². The number of hydrogen-bond acceptors (Lipinski definition) is 10. The van der Waals surface area contributed by atoms with Gasteiger partial charge >= 0.3 is 18.3 Å². The van der Waals surface area contributed by atoms with Crippen molar-refractivity contribution in [3.63, 3.8) is 0 Å². The van der Waals surface area contributed by atoms with Crippen molar-refractivity contribution in [3.8, 4) is 17.6 Å². The maximum absolute atomic E-state index is 12.5. The van der Waals surface area contributed by atoms with Gasteiger partial charge in [-0.15, -0.1) is 11.3 Å². The Morgan fingerprint density at radius 1 is 0.738 bits per heavy atom. The van der Waals surface area contributed by atoms with Crippen LogP contribution in [0.1, 0.15) is 21.6 Å². The summed E-state index contributed by atoms with van der Waals surface area (Å²) >= 11 is 1.54. The summed E-state index contributed by atoms with van der Waals surface area (Å²) in [5, 5.41) is 11.5. The number of thiophene rings is 1. The van der Waals surface area contributed by atoms with Crippen LogP contribution in [0.4, 0.5) is 9.59 Å². The van der Waals surface area contributed by atoms with Crippen molar-refractivity contribution in [2.45, 2.75) is 19.6 Å². The number of ether oxygens (including phenoxy) is 5. The Morgan fingerprint density at radius 2 is 1.36 bits per heavy atom. The number of nitrogens with zero attached hydrogens (tertiary/aromatic N) is 1. The van der Waals surface area contributed by atoms with Crippen LogP contribution in [0, 0.1) is 11.3 Å². The molecule has 0 N–H and O–H groups in total. The minimum atomic E-state index is -1.06. The standard InChI is InChI=1S/C32H25NO8S/c33-20-26(30(34)37-16-15-27-12-7-17-42-27)18-25-13-14-28(40-31(35)38-21-23-8-3-1-4-9-23)29(19-25)41-32(36)39-22-24-10-5-2-6-11-24/h1-14,17-19H,15-16,21-22H2. The molecule has 42 heavy (non-hydrogen) atoms. The van der Waals surface area contributed by atoms with Crippen molar-refractivity contribution in [1.82, 2.24) is 0 Å². The fourth-order valence-electron chi connectivity index (χ4n) is 3.53. The molecular formula is C32H25NO8S. The summed E-state index contributed by atoms with van der Waals surface area (Å²) in [7, 11) is 0. The fourth-order valence-corrected chi connectivity index (χ4v) is 4.22. The van der Waals surface area contributed by atoms with Gasteiger partial charge in [-0.2, -0.15) is 5.26 Å². The van der Waals surface area contributed by atoms with E-state index >= 15 is 0 Å². The third-order valence-electron chi connectivity index (χ3n) is 5.57. The average molecular weight is 584 g/mol. The summed E-state index contributed by atoms with van der Waals surface area (Å²) in [6.45, 7) is 0.0260. The van der Waals surface area contributed by atoms with Crippen LogP contribution in [-0.4, -0.2) is 24.9 Å². The molecule has 1 heterocycles. The van der Waals surface area contributed by atoms with Crippen LogP contribution >= 0.6 is 11.3 Å². The summed E-state index contributed by atoms with van der Waals surface area (Å²) in [5.74, 6) is -1.13. The summed E-state index contributed by atoms with van der Waals surface area (Å²) in [6.07, 6.45) is -0.294. The van der Waals surface area contributed by atoms with Crippen LogP contribution in [0.3, 0.4) is 0 Å². The van der Waals surface area contributed by atoms with E-state index in [0.717, 1.165) is 16.0 Å². The number of benzene rings is 3. The number of carbonyl (C=O) groups excluding carboxylic acids is 3. The molecule has 4 rings (SSSR count). The van der Waals surface area contributed by atoms with E-state index in [9.17, 15) is 19.6 Å². The number of esters is 1. The monoisotopic (exact) mass is 583 g/mol. The van der Waals surface area contributed by atoms with Crippen molar-refractivity contribution in [2.75, 3.05) is 6.61 Å². The summed E-state index contributed by atoms with van der Waals surface area (Å²) in [5.41, 5.74) is 1.53. The SMILES string of the molecule is N#CC(=Cc1ccc(OC(=O)OCc2ccccc2)c(OC(=O)OCc2ccccc2)c1)C(=O)OCCc1cccs1. The summed E-state index contributed by atoms with van der Waals surface area (Å²) < 4.78 is 26.2. The van der Waals surface area contributed by atoms with E-state index in [1.54, 1.807) is 48.5 Å². The first-order chi connectivity index (χ1) is 20.5. The quantitative estimate of drug-likeness (QED) is 0.0612. The highest BCUT2D eigenvalue weighted by molar-refractivity contribution is 7.09. The zero-order chi connectivity index (χ0) is 29.6. The molecule has 0 amide bonds. The van der Waals surface area contributed by atoms with Gasteiger partial charge in [-0.25, -0.2) is 14.4 Å². The van der Waals surface area contributed by atoms with E-state index in [1.807, 2.05) is 35.7 Å². The molecule has 0 bridgehead atoms. The predicted octanol–water partition coefficient (Wildman–Crippen LogP) is 6.87. The lowest BCUT2D eigenvalue weighted by molar-refractivity contribution is -0.138. The molecule has 0 aliphatic rings. The molecule has 0 unspecified atom stereocenters. The molecule has 3 aromatic carbocycles. The van der Waals surface area contributed by atoms with Crippen molar-refractivity contribution in [3.05, 3.63) is 124 Å². The Kier molecular flexibility index (Phi) is 10.8. The minimum absolute atomic E-state index is 0.0318. The maximum atomic E-state index is 12.5. The van der Waals surface area contributed by atoms with Gasteiger partial charge < -0.3 is 23.7 Å². The highest BCUT2D eigenvalue weighted by atomic mass is 32.1. The van der Waals surface area contributed by atoms with Gasteiger partial charge in [0.2, 0.25) is 0 Å². The molecule has 0 radical (unpaired) electrons. The molecule has 0 saturated carbocycles. The highest BCUT2D eigenvalue weighted by Gasteiger charge is 2.18. The van der Waals surface area contributed by atoms with Gasteiger partial charge in [0.1, 0.15) is 24.9 Å². The number of rotatable bonds is 11. The van der Waals surface area contributed by atoms with Crippen molar-refractivity contribution in [1.29, 1.82) is 5.26 Å². The van der Waals surface area contributed by atoms with Crippen LogP contribution in [-0.2, 0) is 38.6 Å². The Morgan fingerprint density at radius 3 is 1.93 bits per heavy atom. The van der Waals surface area contributed by atoms with Gasteiger partial charge in [0, 0.05) is 11.3 Å². The molecule has 9 nitrogen and oxygen atoms in total. The third-order valence-corrected chi connectivity index (χ3v) is 6.50. The first-order valence-electron chi connectivity index (χ1n) is 12.7. The van der Waals surface area contributed by atoms with Crippen LogP contribution in [0.2, 0.25) is 0 Å². The van der Waals surface area contributed by atoms with E-state index in [0.29, 0.717) is 12.0 Å². The van der Waals surface area contributed by atoms with Crippen LogP contribution in [0.25, 0.3) is 6.08 Å². The van der Waals surface area contributed by atoms with Crippen LogP contribution in [0.5, 0.6) is 11.5 Å². The van der Waals surface area contributed by atoms with Gasteiger partial charge in [0.05, 0.1) is 6.61 Å². The smallest absolute Gasteiger partial charge is 0.461 e. The maximum Gasteiger partial charge on any atom is 0.514 e. The van der Waals surface area contributed by atoms with Crippen LogP contribution in [0.15, 0.2) is 102 Å². The lowest BCUT2D eigenvalue weighted by atomic mass is 10.1. The van der Waals surface area contributed by atoms with Gasteiger partial charge in [0.25, 0.3) is 0 Å². The number of carbonyl (C=O) groups is 3. The number of nitriles is 1. The van der Waals surface area contributed by atoms with Gasteiger partial charge in [0.15, 0.2) is 11.5 Å². The van der Waals surface area contributed by atoms with E-state index in [2.05, 4.69) is 0 Å². The molecule has 212 valence electrons. The van der Waals surface area contributed by atoms with Crippen molar-refractivity contribution < 1.29 is 38.1 Å². The largest absolute Gasteiger partial charge is 0.514 e. The molecule has 0 saturated heterocycles. The first kappa shape index (κ1) is 29.6. The third kappa shape index (κ3) is 9.36. The Balaban J connectivity index is 1.46. The second-order valence-electron chi connectivity index (χ2n) is 8.59. The molecule has 1 aromatic heterocycles. The summed E-state index contributed by atoms with van der Waals surface area (Å²) in [4.78, 5) is 38.4. The lowest BCUT2D eigenvalue weighted by Gasteiger charge is -2.12. The van der Waals surface area contributed by atoms with Gasteiger partial charge in [-0.1, -0.05) is 72.8 Å². The minimum Gasteiger partial charge on any atom is -0.461 e. The Labute approximate surface area is 246 Å². The van der Waals surface area contributed by atoms with E-state index < -0.39 is 18.3 Å². The number of hydrogen-bond donors (Lipinski definition) is 0. The summed E-state index contributed by atoms with van der Waals surface area (Å²) in [6, 6.07) is 27.8. The molecule has 0 aliphatic heterocycles. The van der Waals surface area contributed by atoms with E-state index in [1.165, 1.54) is 35.6 Å². The van der Waals surface area contributed by atoms with Crippen molar-refractivity contribution in [2.24, 2.45) is 0 Å². The fraction of sp³-hybridized carbons (Fsp3) is 0.125. The molecular weight excluding hydrogens is 558 g/mol. The van der Waals surface area contributed by atoms with E-state index in [-0.39, 0.29) is 36.9 Å². The zero-order valence-electron chi connectivity index (χ0n) is 22.3. The topological polar surface area (TPSA) is 121 Å².